The number of benzene rings is 1. The van der Waals surface area contributed by atoms with E-state index in [0.29, 0.717) is 23.7 Å². The number of piperidine rings is 2. The summed E-state index contributed by atoms with van der Waals surface area (Å²) in [6, 6.07) is 8.67. The van der Waals surface area contributed by atoms with Gasteiger partial charge in [0.15, 0.2) is 0 Å². The van der Waals surface area contributed by atoms with E-state index >= 15 is 0 Å². The predicted molar refractivity (Wildman–Crippen MR) is 114 cm³/mol. The summed E-state index contributed by atoms with van der Waals surface area (Å²) >= 11 is 0. The Morgan fingerprint density at radius 2 is 1.96 bits per heavy atom. The molecule has 1 amide bonds. The Balaban J connectivity index is 1.51. The molecule has 1 aromatic heterocycles. The van der Waals surface area contributed by atoms with E-state index in [-0.39, 0.29) is 0 Å². The second-order valence-corrected chi connectivity index (χ2v) is 9.16. The van der Waals surface area contributed by atoms with Crippen molar-refractivity contribution in [1.82, 2.24) is 14.8 Å². The first kappa shape index (κ1) is 19.4. The van der Waals surface area contributed by atoms with Crippen molar-refractivity contribution in [2.24, 2.45) is 11.8 Å². The van der Waals surface area contributed by atoms with Gasteiger partial charge in [-0.1, -0.05) is 25.1 Å². The van der Waals surface area contributed by atoms with Crippen molar-refractivity contribution in [3.8, 4) is 0 Å². The summed E-state index contributed by atoms with van der Waals surface area (Å²) in [5.41, 5.74) is 3.68. The lowest BCUT2D eigenvalue weighted by Crippen LogP contribution is -2.43. The number of carbonyl (C=O) groups is 1. The van der Waals surface area contributed by atoms with E-state index in [1.807, 2.05) is 12.3 Å². The summed E-state index contributed by atoms with van der Waals surface area (Å²) in [5, 5.41) is 1.25. The molecule has 150 valence electrons. The highest BCUT2D eigenvalue weighted by Gasteiger charge is 2.31. The molecule has 2 aliphatic rings. The Morgan fingerprint density at radius 3 is 2.75 bits per heavy atom. The fourth-order valence-electron chi connectivity index (χ4n) is 5.11. The third kappa shape index (κ3) is 4.07. The molecule has 4 rings (SSSR count). The van der Waals surface area contributed by atoms with Crippen LogP contribution in [0.5, 0.6) is 0 Å². The lowest BCUT2D eigenvalue weighted by molar-refractivity contribution is -0.134. The number of aromatic nitrogens is 1. The summed E-state index contributed by atoms with van der Waals surface area (Å²) < 4.78 is 0. The highest BCUT2D eigenvalue weighted by Crippen LogP contribution is 2.35. The van der Waals surface area contributed by atoms with Gasteiger partial charge in [0.2, 0.25) is 5.91 Å². The first-order valence-electron chi connectivity index (χ1n) is 10.8. The van der Waals surface area contributed by atoms with E-state index in [1.54, 1.807) is 0 Å². The van der Waals surface area contributed by atoms with E-state index in [4.69, 9.17) is 0 Å². The van der Waals surface area contributed by atoms with Crippen LogP contribution in [0.3, 0.4) is 0 Å². The van der Waals surface area contributed by atoms with Crippen molar-refractivity contribution in [2.45, 2.75) is 45.4 Å². The van der Waals surface area contributed by atoms with Gasteiger partial charge in [-0.05, 0) is 75.4 Å². The normalized spacial score (nSPS) is 24.6. The van der Waals surface area contributed by atoms with Crippen LogP contribution in [-0.2, 0) is 4.79 Å². The molecule has 4 nitrogen and oxygen atoms in total. The van der Waals surface area contributed by atoms with Crippen LogP contribution >= 0.6 is 0 Å². The Labute approximate surface area is 168 Å². The highest BCUT2D eigenvalue weighted by atomic mass is 16.2. The molecule has 0 radical (unpaired) electrons. The van der Waals surface area contributed by atoms with Gasteiger partial charge in [-0.2, -0.15) is 0 Å². The fraction of sp³-hybridized carbons (Fsp3) is 0.583. The molecule has 2 fully saturated rings. The number of likely N-dealkylation sites (tertiary alicyclic amines) is 2. The number of fused-ring (bicyclic) bond motifs is 1. The second-order valence-electron chi connectivity index (χ2n) is 9.16. The minimum Gasteiger partial charge on any atom is -0.342 e. The van der Waals surface area contributed by atoms with E-state index in [1.165, 1.54) is 16.5 Å². The van der Waals surface area contributed by atoms with Crippen molar-refractivity contribution in [3.63, 3.8) is 0 Å². The summed E-state index contributed by atoms with van der Waals surface area (Å²) in [4.78, 5) is 22.2. The molecule has 2 saturated heterocycles. The van der Waals surface area contributed by atoms with Gasteiger partial charge in [0.05, 0.1) is 5.52 Å². The Kier molecular flexibility index (Phi) is 5.68. The predicted octanol–water partition coefficient (Wildman–Crippen LogP) is 4.23. The molecular weight excluding hydrogens is 346 g/mol. The monoisotopic (exact) mass is 379 g/mol. The third-order valence-electron chi connectivity index (χ3n) is 6.76. The molecule has 0 bridgehead atoms. The van der Waals surface area contributed by atoms with Crippen LogP contribution in [0.25, 0.3) is 10.9 Å². The van der Waals surface area contributed by atoms with Gasteiger partial charge < -0.3 is 9.80 Å². The highest BCUT2D eigenvalue weighted by molar-refractivity contribution is 5.85. The minimum atomic E-state index is 0.362. The van der Waals surface area contributed by atoms with E-state index < -0.39 is 0 Å². The fourth-order valence-corrected chi connectivity index (χ4v) is 5.11. The Bertz CT molecular complexity index is 841. The molecule has 0 aliphatic carbocycles. The zero-order valence-electron chi connectivity index (χ0n) is 17.5. The number of aryl methyl sites for hydroxylation is 1. The number of hydrogen-bond donors (Lipinski definition) is 0. The molecule has 0 spiro atoms. The van der Waals surface area contributed by atoms with Crippen molar-refractivity contribution >= 4 is 16.8 Å². The lowest BCUT2D eigenvalue weighted by atomic mass is 9.83. The van der Waals surface area contributed by atoms with Gasteiger partial charge in [0, 0.05) is 37.0 Å². The topological polar surface area (TPSA) is 36.4 Å². The quantitative estimate of drug-likeness (QED) is 0.801. The van der Waals surface area contributed by atoms with Crippen LogP contribution in [0.2, 0.25) is 0 Å². The molecule has 0 N–H and O–H groups in total. The number of hydrogen-bond acceptors (Lipinski definition) is 3. The Hall–Kier alpha value is -1.94. The SMILES string of the molecule is Cc1ccc(C2CC(C)CN(C(=O)CC3CCN(C)CC3)C2)c2cccnc12. The van der Waals surface area contributed by atoms with Crippen LogP contribution in [-0.4, -0.2) is 53.9 Å². The standard InChI is InChI=1S/C24H33N3O/c1-17-13-20(21-7-6-18(2)24-22(21)5-4-10-25-24)16-27(15-17)23(28)14-19-8-11-26(3)12-9-19/h4-7,10,17,19-20H,8-9,11-16H2,1-3H3. The van der Waals surface area contributed by atoms with Gasteiger partial charge >= 0.3 is 0 Å². The van der Waals surface area contributed by atoms with Gasteiger partial charge in [-0.3, -0.25) is 9.78 Å². The molecule has 2 unspecified atom stereocenters. The van der Waals surface area contributed by atoms with Crippen molar-refractivity contribution in [2.75, 3.05) is 33.2 Å². The van der Waals surface area contributed by atoms with Crippen LogP contribution < -0.4 is 0 Å². The van der Waals surface area contributed by atoms with E-state index in [0.717, 1.165) is 57.4 Å². The molecule has 28 heavy (non-hydrogen) atoms. The molecule has 3 heterocycles. The van der Waals surface area contributed by atoms with E-state index in [9.17, 15) is 4.79 Å². The van der Waals surface area contributed by atoms with Crippen molar-refractivity contribution in [3.05, 3.63) is 41.6 Å². The van der Waals surface area contributed by atoms with Crippen LogP contribution in [0.15, 0.2) is 30.5 Å². The summed E-state index contributed by atoms with van der Waals surface area (Å²) in [5.74, 6) is 1.86. The van der Waals surface area contributed by atoms with Crippen molar-refractivity contribution in [1.29, 1.82) is 0 Å². The molecule has 4 heteroatoms. The molecule has 0 saturated carbocycles. The van der Waals surface area contributed by atoms with Gasteiger partial charge in [0.25, 0.3) is 0 Å². The zero-order chi connectivity index (χ0) is 19.7. The van der Waals surface area contributed by atoms with Crippen LogP contribution in [0.4, 0.5) is 0 Å². The average molecular weight is 380 g/mol. The average Bonchev–Trinajstić information content (AvgIpc) is 2.70. The molecular formula is C24H33N3O. The van der Waals surface area contributed by atoms with Gasteiger partial charge in [0.1, 0.15) is 0 Å². The number of carbonyl (C=O) groups excluding carboxylic acids is 1. The summed E-state index contributed by atoms with van der Waals surface area (Å²) in [6.45, 7) is 8.42. The number of amides is 1. The van der Waals surface area contributed by atoms with Crippen molar-refractivity contribution < 1.29 is 4.79 Å². The zero-order valence-corrected chi connectivity index (χ0v) is 17.5. The Morgan fingerprint density at radius 1 is 1.18 bits per heavy atom. The summed E-state index contributed by atoms with van der Waals surface area (Å²) in [6.07, 6.45) is 6.06. The maximum atomic E-state index is 13.1. The second kappa shape index (κ2) is 8.20. The van der Waals surface area contributed by atoms with Crippen LogP contribution in [0, 0.1) is 18.8 Å². The van der Waals surface area contributed by atoms with Gasteiger partial charge in [-0.25, -0.2) is 0 Å². The largest absolute Gasteiger partial charge is 0.342 e. The van der Waals surface area contributed by atoms with E-state index in [2.05, 4.69) is 53.9 Å². The molecule has 1 aromatic carbocycles. The molecule has 2 atom stereocenters. The maximum absolute atomic E-state index is 13.1. The molecule has 2 aliphatic heterocycles. The smallest absolute Gasteiger partial charge is 0.222 e. The maximum Gasteiger partial charge on any atom is 0.222 e. The van der Waals surface area contributed by atoms with Crippen LogP contribution in [0.1, 0.15) is 49.7 Å². The number of nitrogens with zero attached hydrogens (tertiary/aromatic N) is 3. The lowest BCUT2D eigenvalue weighted by Gasteiger charge is -2.38. The van der Waals surface area contributed by atoms with Gasteiger partial charge in [-0.15, -0.1) is 0 Å². The first-order valence-corrected chi connectivity index (χ1v) is 10.8. The minimum absolute atomic E-state index is 0.362. The third-order valence-corrected chi connectivity index (χ3v) is 6.76. The first-order chi connectivity index (χ1) is 13.5. The summed E-state index contributed by atoms with van der Waals surface area (Å²) in [7, 11) is 2.18. The number of rotatable bonds is 3. The molecule has 2 aromatic rings. The number of pyridine rings is 1.